The minimum atomic E-state index is -0.0962. The maximum absolute atomic E-state index is 12.4. The molecule has 1 aromatic heterocycles. The fourth-order valence-corrected chi connectivity index (χ4v) is 3.87. The Morgan fingerprint density at radius 1 is 1.27 bits per heavy atom. The van der Waals surface area contributed by atoms with Gasteiger partial charge in [0.15, 0.2) is 5.76 Å². The SMILES string of the molecule is Cl.O=C(N[C@@H]1CN2CCC1CC2)c1cc2cc(Br)ccc2o1. The Labute approximate surface area is 143 Å². The number of fused-ring (bicyclic) bond motifs is 4. The molecule has 118 valence electrons. The number of nitrogens with zero attached hydrogens (tertiary/aromatic N) is 1. The molecule has 3 saturated heterocycles. The molecule has 3 aliphatic rings. The zero-order chi connectivity index (χ0) is 14.4. The second-order valence-electron chi connectivity index (χ2n) is 6.01. The fraction of sp³-hybridized carbons (Fsp3) is 0.438. The van der Waals surface area contributed by atoms with Gasteiger partial charge in [0.25, 0.3) is 5.91 Å². The zero-order valence-corrected chi connectivity index (χ0v) is 14.5. The molecule has 1 aromatic carbocycles. The number of furan rings is 1. The average molecular weight is 386 g/mol. The molecule has 4 heterocycles. The van der Waals surface area contributed by atoms with E-state index in [1.807, 2.05) is 24.3 Å². The largest absolute Gasteiger partial charge is 0.451 e. The van der Waals surface area contributed by atoms with Crippen molar-refractivity contribution in [1.29, 1.82) is 0 Å². The van der Waals surface area contributed by atoms with Crippen molar-refractivity contribution < 1.29 is 9.21 Å². The van der Waals surface area contributed by atoms with Gasteiger partial charge in [-0.1, -0.05) is 15.9 Å². The molecule has 0 aliphatic carbocycles. The van der Waals surface area contributed by atoms with Gasteiger partial charge in [0, 0.05) is 22.4 Å². The van der Waals surface area contributed by atoms with Crippen molar-refractivity contribution in [3.8, 4) is 0 Å². The van der Waals surface area contributed by atoms with Crippen LogP contribution in [-0.2, 0) is 0 Å². The molecule has 3 fully saturated rings. The Morgan fingerprint density at radius 3 is 2.73 bits per heavy atom. The highest BCUT2D eigenvalue weighted by atomic mass is 79.9. The van der Waals surface area contributed by atoms with E-state index in [9.17, 15) is 4.79 Å². The number of halogens is 2. The van der Waals surface area contributed by atoms with E-state index in [4.69, 9.17) is 4.42 Å². The summed E-state index contributed by atoms with van der Waals surface area (Å²) in [6.07, 6.45) is 2.38. The molecule has 1 N–H and O–H groups in total. The van der Waals surface area contributed by atoms with Crippen molar-refractivity contribution in [2.24, 2.45) is 5.92 Å². The molecule has 5 rings (SSSR count). The summed E-state index contributed by atoms with van der Waals surface area (Å²) in [6.45, 7) is 3.33. The van der Waals surface area contributed by atoms with Gasteiger partial charge in [-0.25, -0.2) is 0 Å². The van der Waals surface area contributed by atoms with Crippen molar-refractivity contribution in [2.45, 2.75) is 18.9 Å². The van der Waals surface area contributed by atoms with Crippen LogP contribution in [0.5, 0.6) is 0 Å². The smallest absolute Gasteiger partial charge is 0.287 e. The lowest BCUT2D eigenvalue weighted by Crippen LogP contribution is -2.57. The molecule has 4 nitrogen and oxygen atoms in total. The minimum Gasteiger partial charge on any atom is -0.451 e. The molecular weight excluding hydrogens is 368 g/mol. The summed E-state index contributed by atoms with van der Waals surface area (Å²) in [5.74, 6) is 0.929. The maximum atomic E-state index is 12.4. The Kier molecular flexibility index (Phi) is 4.48. The first-order valence-corrected chi connectivity index (χ1v) is 8.21. The summed E-state index contributed by atoms with van der Waals surface area (Å²) in [4.78, 5) is 14.8. The predicted molar refractivity (Wildman–Crippen MR) is 91.6 cm³/mol. The molecular formula is C16H18BrClN2O2. The van der Waals surface area contributed by atoms with Crippen molar-refractivity contribution in [3.05, 3.63) is 34.5 Å². The second-order valence-corrected chi connectivity index (χ2v) is 6.93. The first-order valence-electron chi connectivity index (χ1n) is 7.41. The number of amides is 1. The molecule has 2 aromatic rings. The van der Waals surface area contributed by atoms with Crippen LogP contribution < -0.4 is 5.32 Å². The van der Waals surface area contributed by atoms with Gasteiger partial charge in [-0.15, -0.1) is 12.4 Å². The number of benzene rings is 1. The third-order valence-corrected chi connectivity index (χ3v) is 5.17. The van der Waals surface area contributed by atoms with Crippen LogP contribution in [0.2, 0.25) is 0 Å². The first kappa shape index (κ1) is 15.8. The van der Waals surface area contributed by atoms with E-state index in [1.54, 1.807) is 0 Å². The van der Waals surface area contributed by atoms with Gasteiger partial charge in [0.2, 0.25) is 0 Å². The highest BCUT2D eigenvalue weighted by Gasteiger charge is 2.35. The predicted octanol–water partition coefficient (Wildman–Crippen LogP) is 3.44. The zero-order valence-electron chi connectivity index (χ0n) is 12.0. The maximum Gasteiger partial charge on any atom is 0.287 e. The van der Waals surface area contributed by atoms with Gasteiger partial charge in [-0.3, -0.25) is 4.79 Å². The van der Waals surface area contributed by atoms with Crippen molar-refractivity contribution in [3.63, 3.8) is 0 Å². The van der Waals surface area contributed by atoms with E-state index in [0.717, 1.165) is 22.0 Å². The molecule has 6 heteroatoms. The molecule has 1 atom stereocenters. The summed E-state index contributed by atoms with van der Waals surface area (Å²) in [6, 6.07) is 7.84. The summed E-state index contributed by atoms with van der Waals surface area (Å²) in [5.41, 5.74) is 0.747. The Morgan fingerprint density at radius 2 is 2.05 bits per heavy atom. The van der Waals surface area contributed by atoms with Gasteiger partial charge in [-0.05, 0) is 56.1 Å². The molecule has 0 unspecified atom stereocenters. The molecule has 0 saturated carbocycles. The molecule has 0 spiro atoms. The number of carbonyl (C=O) groups excluding carboxylic acids is 1. The second kappa shape index (κ2) is 6.22. The van der Waals surface area contributed by atoms with Gasteiger partial charge < -0.3 is 14.6 Å². The van der Waals surface area contributed by atoms with Crippen LogP contribution in [-0.4, -0.2) is 36.5 Å². The van der Waals surface area contributed by atoms with Crippen molar-refractivity contribution in [1.82, 2.24) is 10.2 Å². The number of nitrogens with one attached hydrogen (secondary N) is 1. The van der Waals surface area contributed by atoms with Gasteiger partial charge in [0.05, 0.1) is 0 Å². The lowest BCUT2D eigenvalue weighted by molar-refractivity contribution is 0.0607. The van der Waals surface area contributed by atoms with Crippen molar-refractivity contribution >= 4 is 45.2 Å². The van der Waals surface area contributed by atoms with Crippen molar-refractivity contribution in [2.75, 3.05) is 19.6 Å². The Hall–Kier alpha value is -1.04. The van der Waals surface area contributed by atoms with Crippen LogP contribution in [0.1, 0.15) is 23.4 Å². The average Bonchev–Trinajstić information content (AvgIpc) is 2.91. The third kappa shape index (κ3) is 2.90. The third-order valence-electron chi connectivity index (χ3n) is 4.67. The molecule has 3 aliphatic heterocycles. The number of rotatable bonds is 2. The van der Waals surface area contributed by atoms with Crippen LogP contribution in [0.3, 0.4) is 0 Å². The number of hydrogen-bond acceptors (Lipinski definition) is 3. The van der Waals surface area contributed by atoms with E-state index >= 15 is 0 Å². The van der Waals surface area contributed by atoms with Gasteiger partial charge in [-0.2, -0.15) is 0 Å². The van der Waals surface area contributed by atoms with Crippen LogP contribution in [0, 0.1) is 5.92 Å². The van der Waals surface area contributed by atoms with E-state index in [2.05, 4.69) is 26.1 Å². The number of piperidine rings is 3. The fourth-order valence-electron chi connectivity index (χ4n) is 3.49. The standard InChI is InChI=1S/C16H17BrN2O2.ClH/c17-12-1-2-14-11(7-12)8-15(21-14)16(20)18-13-9-19-5-3-10(13)4-6-19;/h1-2,7-8,10,13H,3-6,9H2,(H,18,20);1H/t13-;/m1./s1. The molecule has 1 amide bonds. The molecule has 22 heavy (non-hydrogen) atoms. The van der Waals surface area contributed by atoms with Crippen LogP contribution in [0.4, 0.5) is 0 Å². The molecule has 0 radical (unpaired) electrons. The normalized spacial score (nSPS) is 26.7. The number of hydrogen-bond donors (Lipinski definition) is 1. The van der Waals surface area contributed by atoms with E-state index in [0.29, 0.717) is 11.7 Å². The highest BCUT2D eigenvalue weighted by Crippen LogP contribution is 2.28. The summed E-state index contributed by atoms with van der Waals surface area (Å²) in [7, 11) is 0. The summed E-state index contributed by atoms with van der Waals surface area (Å²) in [5, 5.41) is 4.10. The van der Waals surface area contributed by atoms with Gasteiger partial charge in [0.1, 0.15) is 5.58 Å². The van der Waals surface area contributed by atoms with Crippen LogP contribution in [0.15, 0.2) is 33.2 Å². The topological polar surface area (TPSA) is 45.5 Å². The summed E-state index contributed by atoms with van der Waals surface area (Å²) < 4.78 is 6.65. The Balaban J connectivity index is 0.00000144. The minimum absolute atomic E-state index is 0. The lowest BCUT2D eigenvalue weighted by atomic mass is 9.84. The monoisotopic (exact) mass is 384 g/mol. The lowest BCUT2D eigenvalue weighted by Gasteiger charge is -2.44. The Bertz CT molecular complexity index is 695. The van der Waals surface area contributed by atoms with Crippen LogP contribution in [0.25, 0.3) is 11.0 Å². The first-order chi connectivity index (χ1) is 10.2. The quantitative estimate of drug-likeness (QED) is 0.861. The molecule has 2 bridgehead atoms. The van der Waals surface area contributed by atoms with Crippen LogP contribution >= 0.6 is 28.3 Å². The summed E-state index contributed by atoms with van der Waals surface area (Å²) >= 11 is 3.43. The van der Waals surface area contributed by atoms with E-state index in [-0.39, 0.29) is 24.4 Å². The van der Waals surface area contributed by atoms with E-state index < -0.39 is 0 Å². The number of carbonyl (C=O) groups is 1. The van der Waals surface area contributed by atoms with E-state index in [1.165, 1.54) is 25.9 Å². The highest BCUT2D eigenvalue weighted by molar-refractivity contribution is 9.10. The van der Waals surface area contributed by atoms with Gasteiger partial charge >= 0.3 is 0 Å².